The summed E-state index contributed by atoms with van der Waals surface area (Å²) in [5.41, 5.74) is 7.90. The van der Waals surface area contributed by atoms with Crippen molar-refractivity contribution in [3.63, 3.8) is 0 Å². The minimum Gasteiger partial charge on any atom is -0.398 e. The molecule has 3 N–H and O–H groups in total. The lowest BCUT2D eigenvalue weighted by Gasteiger charge is -2.10. The summed E-state index contributed by atoms with van der Waals surface area (Å²) in [7, 11) is 0. The highest BCUT2D eigenvalue weighted by atomic mass is 79.9. The summed E-state index contributed by atoms with van der Waals surface area (Å²) in [6.45, 7) is 1.17. The maximum atomic E-state index is 5.73. The Morgan fingerprint density at radius 2 is 2.36 bits per heavy atom. The third-order valence-corrected chi connectivity index (χ3v) is 3.40. The third-order valence-electron chi connectivity index (χ3n) is 2.71. The summed E-state index contributed by atoms with van der Waals surface area (Å²) in [4.78, 5) is 0. The molecule has 2 rings (SSSR count). The molecular weight excluding hydrogens is 240 g/mol. The number of nitrogens with two attached hydrogens (primary N) is 1. The molecule has 14 heavy (non-hydrogen) atoms. The van der Waals surface area contributed by atoms with Crippen molar-refractivity contribution in [2.45, 2.75) is 25.3 Å². The van der Waals surface area contributed by atoms with Crippen LogP contribution in [0.25, 0.3) is 0 Å². The maximum Gasteiger partial charge on any atom is 0.0458 e. The monoisotopic (exact) mass is 254 g/mol. The van der Waals surface area contributed by atoms with E-state index in [4.69, 9.17) is 5.73 Å². The van der Waals surface area contributed by atoms with Crippen LogP contribution in [0.5, 0.6) is 0 Å². The molecule has 0 aliphatic carbocycles. The first-order valence-electron chi connectivity index (χ1n) is 5.03. The molecule has 0 radical (unpaired) electrons. The fraction of sp³-hybridized carbons (Fsp3) is 0.455. The number of halogens is 1. The van der Waals surface area contributed by atoms with Crippen molar-refractivity contribution in [1.29, 1.82) is 0 Å². The standard InChI is InChI=1S/C11H15BrN2/c12-10-7-8(3-4-11(10)13)6-9-2-1-5-14-9/h3-4,7,9,14H,1-2,5-6,13H2. The van der Waals surface area contributed by atoms with E-state index in [0.717, 1.165) is 16.6 Å². The molecule has 1 atom stereocenters. The Hall–Kier alpha value is -0.540. The first kappa shape index (κ1) is 9.99. The lowest BCUT2D eigenvalue weighted by atomic mass is 10.0. The van der Waals surface area contributed by atoms with Crippen LogP contribution in [0.3, 0.4) is 0 Å². The Labute approximate surface area is 93.0 Å². The molecular formula is C11H15BrN2. The Balaban J connectivity index is 2.05. The molecule has 1 aliphatic heterocycles. The zero-order chi connectivity index (χ0) is 9.97. The second-order valence-corrected chi connectivity index (χ2v) is 4.71. The molecule has 1 heterocycles. The summed E-state index contributed by atoms with van der Waals surface area (Å²) >= 11 is 3.45. The van der Waals surface area contributed by atoms with E-state index < -0.39 is 0 Å². The minimum absolute atomic E-state index is 0.658. The van der Waals surface area contributed by atoms with E-state index in [1.165, 1.54) is 24.9 Å². The summed E-state index contributed by atoms with van der Waals surface area (Å²) in [6, 6.07) is 6.86. The summed E-state index contributed by atoms with van der Waals surface area (Å²) in [5, 5.41) is 3.49. The predicted molar refractivity (Wildman–Crippen MR) is 63.3 cm³/mol. The number of benzene rings is 1. The molecule has 2 nitrogen and oxygen atoms in total. The quantitative estimate of drug-likeness (QED) is 0.796. The molecule has 1 aromatic carbocycles. The Bertz CT molecular complexity index is 319. The van der Waals surface area contributed by atoms with Gasteiger partial charge in [0.05, 0.1) is 0 Å². The molecule has 0 aromatic heterocycles. The Morgan fingerprint density at radius 1 is 1.50 bits per heavy atom. The number of hydrogen-bond acceptors (Lipinski definition) is 2. The van der Waals surface area contributed by atoms with Crippen LogP contribution in [0.4, 0.5) is 5.69 Å². The van der Waals surface area contributed by atoms with Gasteiger partial charge in [-0.05, 0) is 59.4 Å². The van der Waals surface area contributed by atoms with Crippen LogP contribution < -0.4 is 11.1 Å². The fourth-order valence-electron chi connectivity index (χ4n) is 1.91. The van der Waals surface area contributed by atoms with Gasteiger partial charge in [0, 0.05) is 16.2 Å². The average molecular weight is 255 g/mol. The zero-order valence-corrected chi connectivity index (χ0v) is 9.68. The molecule has 0 saturated carbocycles. The van der Waals surface area contributed by atoms with E-state index in [0.29, 0.717) is 6.04 Å². The molecule has 1 aliphatic rings. The van der Waals surface area contributed by atoms with Gasteiger partial charge >= 0.3 is 0 Å². The van der Waals surface area contributed by atoms with Crippen LogP contribution in [0, 0.1) is 0 Å². The van der Waals surface area contributed by atoms with Crippen molar-refractivity contribution in [2.24, 2.45) is 0 Å². The first-order chi connectivity index (χ1) is 6.75. The van der Waals surface area contributed by atoms with Gasteiger partial charge < -0.3 is 11.1 Å². The number of nitrogen functional groups attached to an aromatic ring is 1. The molecule has 1 unspecified atom stereocenters. The van der Waals surface area contributed by atoms with E-state index in [9.17, 15) is 0 Å². The van der Waals surface area contributed by atoms with Crippen LogP contribution in [-0.4, -0.2) is 12.6 Å². The summed E-state index contributed by atoms with van der Waals surface area (Å²) in [5.74, 6) is 0. The summed E-state index contributed by atoms with van der Waals surface area (Å²) < 4.78 is 1.01. The van der Waals surface area contributed by atoms with E-state index >= 15 is 0 Å². The topological polar surface area (TPSA) is 38.0 Å². The molecule has 1 saturated heterocycles. The van der Waals surface area contributed by atoms with Crippen LogP contribution >= 0.6 is 15.9 Å². The van der Waals surface area contributed by atoms with Crippen molar-refractivity contribution in [1.82, 2.24) is 5.32 Å². The molecule has 3 heteroatoms. The van der Waals surface area contributed by atoms with Gasteiger partial charge in [-0.3, -0.25) is 0 Å². The van der Waals surface area contributed by atoms with Crippen LogP contribution in [0.1, 0.15) is 18.4 Å². The first-order valence-corrected chi connectivity index (χ1v) is 5.82. The van der Waals surface area contributed by atoms with Crippen LogP contribution in [-0.2, 0) is 6.42 Å². The van der Waals surface area contributed by atoms with Gasteiger partial charge in [0.1, 0.15) is 0 Å². The van der Waals surface area contributed by atoms with E-state index in [1.807, 2.05) is 6.07 Å². The fourth-order valence-corrected chi connectivity index (χ4v) is 2.34. The van der Waals surface area contributed by atoms with Crippen LogP contribution in [0.2, 0.25) is 0 Å². The predicted octanol–water partition coefficient (Wildman–Crippen LogP) is 2.33. The van der Waals surface area contributed by atoms with Gasteiger partial charge in [0.2, 0.25) is 0 Å². The van der Waals surface area contributed by atoms with Crippen molar-refractivity contribution < 1.29 is 0 Å². The van der Waals surface area contributed by atoms with Gasteiger partial charge in [-0.2, -0.15) is 0 Å². The number of rotatable bonds is 2. The smallest absolute Gasteiger partial charge is 0.0458 e. The van der Waals surface area contributed by atoms with Crippen molar-refractivity contribution in [3.05, 3.63) is 28.2 Å². The third kappa shape index (κ3) is 2.28. The number of anilines is 1. The molecule has 76 valence electrons. The number of hydrogen-bond donors (Lipinski definition) is 2. The van der Waals surface area contributed by atoms with Gasteiger partial charge in [-0.15, -0.1) is 0 Å². The van der Waals surface area contributed by atoms with E-state index in [1.54, 1.807) is 0 Å². The molecule has 1 fully saturated rings. The molecule has 0 spiro atoms. The van der Waals surface area contributed by atoms with Gasteiger partial charge in [0.25, 0.3) is 0 Å². The summed E-state index contributed by atoms with van der Waals surface area (Å²) in [6.07, 6.45) is 3.71. The Kier molecular flexibility index (Phi) is 3.08. The van der Waals surface area contributed by atoms with Gasteiger partial charge in [-0.25, -0.2) is 0 Å². The number of nitrogens with one attached hydrogen (secondary N) is 1. The largest absolute Gasteiger partial charge is 0.398 e. The lowest BCUT2D eigenvalue weighted by molar-refractivity contribution is 0.603. The van der Waals surface area contributed by atoms with Crippen molar-refractivity contribution in [2.75, 3.05) is 12.3 Å². The van der Waals surface area contributed by atoms with Crippen molar-refractivity contribution in [3.8, 4) is 0 Å². The highest BCUT2D eigenvalue weighted by Gasteiger charge is 2.14. The van der Waals surface area contributed by atoms with E-state index in [-0.39, 0.29) is 0 Å². The van der Waals surface area contributed by atoms with Crippen molar-refractivity contribution >= 4 is 21.6 Å². The van der Waals surface area contributed by atoms with E-state index in [2.05, 4.69) is 33.4 Å². The second kappa shape index (κ2) is 4.32. The van der Waals surface area contributed by atoms with Gasteiger partial charge in [-0.1, -0.05) is 6.07 Å². The maximum absolute atomic E-state index is 5.73. The normalized spacial score (nSPS) is 21.4. The zero-order valence-electron chi connectivity index (χ0n) is 8.09. The van der Waals surface area contributed by atoms with Gasteiger partial charge in [0.15, 0.2) is 0 Å². The van der Waals surface area contributed by atoms with Crippen LogP contribution in [0.15, 0.2) is 22.7 Å². The highest BCUT2D eigenvalue weighted by molar-refractivity contribution is 9.10. The second-order valence-electron chi connectivity index (χ2n) is 3.85. The minimum atomic E-state index is 0.658. The molecule has 0 amide bonds. The average Bonchev–Trinajstić information content (AvgIpc) is 2.64. The lowest BCUT2D eigenvalue weighted by Crippen LogP contribution is -2.23. The molecule has 1 aromatic rings. The highest BCUT2D eigenvalue weighted by Crippen LogP contribution is 2.22. The Morgan fingerprint density at radius 3 is 3.00 bits per heavy atom. The SMILES string of the molecule is Nc1ccc(CC2CCCN2)cc1Br. The molecule has 0 bridgehead atoms.